The standard InChI is InChI=1S/C13H20N2O4S/c1-10(9-16)11(2)15-13(17)8-14-20(18,19)12-6-4-3-5-7-12/h3-7,10-11,14,16H,8-9H2,1-2H3,(H,15,17). The van der Waals surface area contributed by atoms with Crippen molar-refractivity contribution in [2.45, 2.75) is 24.8 Å². The highest BCUT2D eigenvalue weighted by molar-refractivity contribution is 7.89. The van der Waals surface area contributed by atoms with Crippen LogP contribution in [-0.4, -0.2) is 38.6 Å². The van der Waals surface area contributed by atoms with E-state index in [2.05, 4.69) is 10.0 Å². The van der Waals surface area contributed by atoms with Gasteiger partial charge >= 0.3 is 0 Å². The third kappa shape index (κ3) is 4.92. The number of sulfonamides is 1. The quantitative estimate of drug-likeness (QED) is 0.665. The van der Waals surface area contributed by atoms with Crippen molar-refractivity contribution in [1.29, 1.82) is 0 Å². The van der Waals surface area contributed by atoms with E-state index in [1.807, 2.05) is 0 Å². The molecule has 7 heteroatoms. The van der Waals surface area contributed by atoms with E-state index in [0.717, 1.165) is 0 Å². The van der Waals surface area contributed by atoms with Gasteiger partial charge in [0.25, 0.3) is 0 Å². The average molecular weight is 300 g/mol. The highest BCUT2D eigenvalue weighted by Gasteiger charge is 2.17. The second-order valence-electron chi connectivity index (χ2n) is 4.65. The van der Waals surface area contributed by atoms with Gasteiger partial charge in [-0.3, -0.25) is 4.79 Å². The summed E-state index contributed by atoms with van der Waals surface area (Å²) in [5.41, 5.74) is 0. The monoisotopic (exact) mass is 300 g/mol. The molecule has 0 aromatic heterocycles. The van der Waals surface area contributed by atoms with Gasteiger partial charge in [-0.2, -0.15) is 0 Å². The molecule has 1 aromatic carbocycles. The summed E-state index contributed by atoms with van der Waals surface area (Å²) in [5.74, 6) is -0.526. The first-order valence-electron chi connectivity index (χ1n) is 6.31. The van der Waals surface area contributed by atoms with E-state index < -0.39 is 15.9 Å². The third-order valence-electron chi connectivity index (χ3n) is 3.01. The van der Waals surface area contributed by atoms with Crippen molar-refractivity contribution in [3.63, 3.8) is 0 Å². The van der Waals surface area contributed by atoms with Gasteiger partial charge in [-0.1, -0.05) is 25.1 Å². The maximum absolute atomic E-state index is 11.9. The Kier molecular flexibility index (Phi) is 6.12. The molecule has 0 aliphatic carbocycles. The molecule has 112 valence electrons. The molecule has 0 aliphatic heterocycles. The first kappa shape index (κ1) is 16.6. The van der Waals surface area contributed by atoms with Crippen LogP contribution < -0.4 is 10.0 Å². The van der Waals surface area contributed by atoms with Crippen LogP contribution in [0.5, 0.6) is 0 Å². The fraction of sp³-hybridized carbons (Fsp3) is 0.462. The van der Waals surface area contributed by atoms with E-state index in [9.17, 15) is 13.2 Å². The summed E-state index contributed by atoms with van der Waals surface area (Å²) in [5, 5.41) is 11.6. The topological polar surface area (TPSA) is 95.5 Å². The molecule has 1 rings (SSSR count). The molecule has 0 spiro atoms. The minimum absolute atomic E-state index is 0.0445. The van der Waals surface area contributed by atoms with Gasteiger partial charge in [0.05, 0.1) is 11.4 Å². The number of rotatable bonds is 7. The van der Waals surface area contributed by atoms with Gasteiger partial charge < -0.3 is 10.4 Å². The van der Waals surface area contributed by atoms with Crippen LogP contribution in [0.25, 0.3) is 0 Å². The Balaban J connectivity index is 2.53. The lowest BCUT2D eigenvalue weighted by molar-refractivity contribution is -0.120. The van der Waals surface area contributed by atoms with Gasteiger partial charge in [0, 0.05) is 12.6 Å². The normalized spacial score (nSPS) is 14.6. The average Bonchev–Trinajstić information content (AvgIpc) is 2.45. The van der Waals surface area contributed by atoms with Crippen LogP contribution >= 0.6 is 0 Å². The fourth-order valence-electron chi connectivity index (χ4n) is 1.45. The second kappa shape index (κ2) is 7.37. The molecule has 0 saturated carbocycles. The largest absolute Gasteiger partial charge is 0.396 e. The Morgan fingerprint density at radius 3 is 2.40 bits per heavy atom. The number of hydrogen-bond acceptors (Lipinski definition) is 4. The third-order valence-corrected chi connectivity index (χ3v) is 4.42. The van der Waals surface area contributed by atoms with Crippen molar-refractivity contribution < 1.29 is 18.3 Å². The first-order chi connectivity index (χ1) is 9.36. The Labute approximate surface area is 119 Å². The highest BCUT2D eigenvalue weighted by atomic mass is 32.2. The Morgan fingerprint density at radius 2 is 1.85 bits per heavy atom. The van der Waals surface area contributed by atoms with Crippen molar-refractivity contribution >= 4 is 15.9 Å². The molecule has 2 atom stereocenters. The molecule has 0 saturated heterocycles. The SMILES string of the molecule is CC(CO)C(C)NC(=O)CNS(=O)(=O)c1ccccc1. The van der Waals surface area contributed by atoms with Gasteiger partial charge in [-0.05, 0) is 25.0 Å². The number of amides is 1. The lowest BCUT2D eigenvalue weighted by Crippen LogP contribution is -2.43. The van der Waals surface area contributed by atoms with Crippen LogP contribution in [0.2, 0.25) is 0 Å². The van der Waals surface area contributed by atoms with Crippen LogP contribution in [0.4, 0.5) is 0 Å². The molecule has 0 aliphatic rings. The van der Waals surface area contributed by atoms with Crippen molar-refractivity contribution in [1.82, 2.24) is 10.0 Å². The molecule has 0 fully saturated rings. The van der Waals surface area contributed by atoms with Gasteiger partial charge in [-0.15, -0.1) is 0 Å². The number of carbonyl (C=O) groups is 1. The summed E-state index contributed by atoms with van der Waals surface area (Å²) in [4.78, 5) is 11.7. The number of hydrogen-bond donors (Lipinski definition) is 3. The fourth-order valence-corrected chi connectivity index (χ4v) is 2.45. The summed E-state index contributed by atoms with van der Waals surface area (Å²) in [6.45, 7) is 3.17. The smallest absolute Gasteiger partial charge is 0.241 e. The van der Waals surface area contributed by atoms with Crippen molar-refractivity contribution in [3.8, 4) is 0 Å². The van der Waals surface area contributed by atoms with E-state index in [-0.39, 0.29) is 30.0 Å². The summed E-state index contributed by atoms with van der Waals surface area (Å²) in [6, 6.07) is 7.62. The zero-order chi connectivity index (χ0) is 15.2. The zero-order valence-corrected chi connectivity index (χ0v) is 12.4. The summed E-state index contributed by atoms with van der Waals surface area (Å²) in [6.07, 6.45) is 0. The van der Waals surface area contributed by atoms with Crippen LogP contribution in [0.15, 0.2) is 35.2 Å². The Bertz CT molecular complexity index is 531. The minimum Gasteiger partial charge on any atom is -0.396 e. The Morgan fingerprint density at radius 1 is 1.25 bits per heavy atom. The maximum atomic E-state index is 11.9. The van der Waals surface area contributed by atoms with Gasteiger partial charge in [0.2, 0.25) is 15.9 Å². The molecule has 20 heavy (non-hydrogen) atoms. The molecule has 2 unspecified atom stereocenters. The predicted octanol–water partition coefficient (Wildman–Crippen LogP) is 0.0980. The zero-order valence-electron chi connectivity index (χ0n) is 11.5. The van der Waals surface area contributed by atoms with E-state index >= 15 is 0 Å². The van der Waals surface area contributed by atoms with Crippen LogP contribution in [-0.2, 0) is 14.8 Å². The van der Waals surface area contributed by atoms with Crippen molar-refractivity contribution in [2.24, 2.45) is 5.92 Å². The lowest BCUT2D eigenvalue weighted by Gasteiger charge is -2.19. The molecule has 3 N–H and O–H groups in total. The van der Waals surface area contributed by atoms with Crippen molar-refractivity contribution in [2.75, 3.05) is 13.2 Å². The van der Waals surface area contributed by atoms with E-state index in [1.54, 1.807) is 32.0 Å². The summed E-state index contributed by atoms with van der Waals surface area (Å²) < 4.78 is 26.0. The van der Waals surface area contributed by atoms with Crippen LogP contribution in [0.3, 0.4) is 0 Å². The summed E-state index contributed by atoms with van der Waals surface area (Å²) >= 11 is 0. The molecule has 1 amide bonds. The molecule has 0 radical (unpaired) electrons. The molecule has 1 aromatic rings. The number of aliphatic hydroxyl groups is 1. The van der Waals surface area contributed by atoms with Gasteiger partial charge in [0.1, 0.15) is 0 Å². The lowest BCUT2D eigenvalue weighted by atomic mass is 10.1. The summed E-state index contributed by atoms with van der Waals surface area (Å²) in [7, 11) is -3.68. The second-order valence-corrected chi connectivity index (χ2v) is 6.42. The first-order valence-corrected chi connectivity index (χ1v) is 7.80. The minimum atomic E-state index is -3.68. The molecule has 0 heterocycles. The number of aliphatic hydroxyl groups excluding tert-OH is 1. The van der Waals surface area contributed by atoms with E-state index in [1.165, 1.54) is 12.1 Å². The maximum Gasteiger partial charge on any atom is 0.241 e. The molecule has 6 nitrogen and oxygen atoms in total. The highest BCUT2D eigenvalue weighted by Crippen LogP contribution is 2.06. The van der Waals surface area contributed by atoms with Gasteiger partial charge in [-0.25, -0.2) is 13.1 Å². The number of benzene rings is 1. The molecular formula is C13H20N2O4S. The van der Waals surface area contributed by atoms with Gasteiger partial charge in [0.15, 0.2) is 0 Å². The Hall–Kier alpha value is -1.44. The number of carbonyl (C=O) groups excluding carboxylic acids is 1. The van der Waals surface area contributed by atoms with Crippen LogP contribution in [0, 0.1) is 5.92 Å². The predicted molar refractivity (Wildman–Crippen MR) is 75.5 cm³/mol. The van der Waals surface area contributed by atoms with E-state index in [4.69, 9.17) is 5.11 Å². The van der Waals surface area contributed by atoms with Crippen LogP contribution in [0.1, 0.15) is 13.8 Å². The molecule has 0 bridgehead atoms. The van der Waals surface area contributed by atoms with Crippen molar-refractivity contribution in [3.05, 3.63) is 30.3 Å². The number of nitrogens with one attached hydrogen (secondary N) is 2. The molecular weight excluding hydrogens is 280 g/mol. The van der Waals surface area contributed by atoms with E-state index in [0.29, 0.717) is 0 Å².